The molecule has 0 radical (unpaired) electrons. The van der Waals surface area contributed by atoms with Crippen LogP contribution in [0, 0.1) is 18.3 Å². The molecule has 5 heteroatoms. The monoisotopic (exact) mass is 282 g/mol. The first-order chi connectivity index (χ1) is 9.61. The van der Waals surface area contributed by atoms with E-state index in [1.165, 1.54) is 0 Å². The number of rotatable bonds is 1. The predicted molar refractivity (Wildman–Crippen MR) is 79.9 cm³/mol. The molecule has 0 saturated heterocycles. The zero-order valence-electron chi connectivity index (χ0n) is 10.8. The Balaban J connectivity index is 2.41. The summed E-state index contributed by atoms with van der Waals surface area (Å²) in [6.45, 7) is 1.99. The Morgan fingerprint density at radius 3 is 2.85 bits per heavy atom. The van der Waals surface area contributed by atoms with E-state index in [0.717, 1.165) is 16.6 Å². The Hall–Kier alpha value is -2.51. The van der Waals surface area contributed by atoms with Gasteiger partial charge in [0.1, 0.15) is 0 Å². The lowest BCUT2D eigenvalue weighted by molar-refractivity contribution is 1.10. The quantitative estimate of drug-likeness (QED) is 0.743. The molecule has 0 atom stereocenters. The van der Waals surface area contributed by atoms with Crippen LogP contribution in [0.2, 0.25) is 5.02 Å². The molecule has 0 fully saturated rings. The van der Waals surface area contributed by atoms with Gasteiger partial charge >= 0.3 is 0 Å². The van der Waals surface area contributed by atoms with Gasteiger partial charge in [0.25, 0.3) is 0 Å². The Morgan fingerprint density at radius 1 is 1.30 bits per heavy atom. The molecule has 3 aromatic rings. The summed E-state index contributed by atoms with van der Waals surface area (Å²) in [5, 5.41) is 9.56. The zero-order chi connectivity index (χ0) is 14.3. The number of fused-ring (bicyclic) bond motifs is 1. The van der Waals surface area contributed by atoms with Gasteiger partial charge in [-0.05, 0) is 36.8 Å². The zero-order valence-corrected chi connectivity index (χ0v) is 11.5. The Labute approximate surface area is 121 Å². The molecule has 0 unspecified atom stereocenters. The van der Waals surface area contributed by atoms with E-state index in [1.54, 1.807) is 22.8 Å². The maximum Gasteiger partial charge on any atom is 0.205 e. The molecule has 0 bridgehead atoms. The van der Waals surface area contributed by atoms with Crippen LogP contribution in [0.3, 0.4) is 0 Å². The van der Waals surface area contributed by atoms with Crippen molar-refractivity contribution < 1.29 is 0 Å². The lowest BCUT2D eigenvalue weighted by atomic mass is 10.2. The maximum absolute atomic E-state index is 9.04. The minimum absolute atomic E-state index is 0.353. The van der Waals surface area contributed by atoms with Crippen molar-refractivity contribution in [1.29, 1.82) is 5.26 Å². The molecule has 2 N–H and O–H groups in total. The van der Waals surface area contributed by atoms with Gasteiger partial charge in [-0.3, -0.25) is 4.57 Å². The van der Waals surface area contributed by atoms with Crippen molar-refractivity contribution in [3.63, 3.8) is 0 Å². The van der Waals surface area contributed by atoms with Crippen molar-refractivity contribution in [2.24, 2.45) is 0 Å². The highest BCUT2D eigenvalue weighted by molar-refractivity contribution is 6.32. The Kier molecular flexibility index (Phi) is 2.85. The molecule has 0 aliphatic rings. The van der Waals surface area contributed by atoms with E-state index in [1.807, 2.05) is 25.1 Å². The number of nitrogens with zero attached hydrogens (tertiary/aromatic N) is 3. The molecule has 1 aromatic heterocycles. The first-order valence-corrected chi connectivity index (χ1v) is 6.43. The molecule has 3 rings (SSSR count). The number of benzene rings is 2. The topological polar surface area (TPSA) is 67.6 Å². The number of anilines is 1. The van der Waals surface area contributed by atoms with Crippen molar-refractivity contribution in [2.45, 2.75) is 6.92 Å². The maximum atomic E-state index is 9.04. The number of hydrogen-bond donors (Lipinski definition) is 1. The first-order valence-electron chi connectivity index (χ1n) is 6.05. The smallest absolute Gasteiger partial charge is 0.205 e. The average Bonchev–Trinajstić information content (AvgIpc) is 2.77. The predicted octanol–water partition coefficient (Wildman–Crippen LogP) is 3.44. The van der Waals surface area contributed by atoms with Crippen LogP contribution in [-0.2, 0) is 0 Å². The van der Waals surface area contributed by atoms with E-state index >= 15 is 0 Å². The molecule has 0 aliphatic heterocycles. The SMILES string of the molecule is Cc1cccc2nc(N)n(-c3cc(C#N)ccc3Cl)c12. The fourth-order valence-corrected chi connectivity index (χ4v) is 2.51. The van der Waals surface area contributed by atoms with Gasteiger partial charge in [0.15, 0.2) is 0 Å². The lowest BCUT2D eigenvalue weighted by Crippen LogP contribution is -2.02. The van der Waals surface area contributed by atoms with Crippen LogP contribution in [-0.4, -0.2) is 9.55 Å². The van der Waals surface area contributed by atoms with Crippen molar-refractivity contribution in [1.82, 2.24) is 9.55 Å². The van der Waals surface area contributed by atoms with E-state index in [4.69, 9.17) is 22.6 Å². The second-order valence-corrected chi connectivity index (χ2v) is 4.93. The number of nitrogen functional groups attached to an aromatic ring is 1. The van der Waals surface area contributed by atoms with Gasteiger partial charge in [-0.25, -0.2) is 4.98 Å². The van der Waals surface area contributed by atoms with Gasteiger partial charge in [-0.1, -0.05) is 23.7 Å². The number of aryl methyl sites for hydroxylation is 1. The summed E-state index contributed by atoms with van der Waals surface area (Å²) < 4.78 is 1.79. The van der Waals surface area contributed by atoms with Crippen molar-refractivity contribution >= 4 is 28.6 Å². The highest BCUT2D eigenvalue weighted by atomic mass is 35.5. The van der Waals surface area contributed by atoms with Gasteiger partial charge in [0.05, 0.1) is 33.4 Å². The van der Waals surface area contributed by atoms with Gasteiger partial charge in [0, 0.05) is 0 Å². The van der Waals surface area contributed by atoms with Crippen LogP contribution in [0.15, 0.2) is 36.4 Å². The Bertz CT molecular complexity index is 858. The largest absolute Gasteiger partial charge is 0.369 e. The summed E-state index contributed by atoms with van der Waals surface area (Å²) in [5.41, 5.74) is 9.98. The fraction of sp³-hybridized carbons (Fsp3) is 0.0667. The molecule has 0 saturated carbocycles. The molecule has 2 aromatic carbocycles. The van der Waals surface area contributed by atoms with Gasteiger partial charge in [-0.15, -0.1) is 0 Å². The summed E-state index contributed by atoms with van der Waals surface area (Å²) >= 11 is 6.26. The highest BCUT2D eigenvalue weighted by Crippen LogP contribution is 2.30. The van der Waals surface area contributed by atoms with Gasteiger partial charge < -0.3 is 5.73 Å². The molecular weight excluding hydrogens is 272 g/mol. The van der Waals surface area contributed by atoms with E-state index in [0.29, 0.717) is 22.2 Å². The normalized spacial score (nSPS) is 10.7. The van der Waals surface area contributed by atoms with Crippen LogP contribution in [0.1, 0.15) is 11.1 Å². The number of hydrogen-bond acceptors (Lipinski definition) is 3. The molecular formula is C15H11ClN4. The van der Waals surface area contributed by atoms with Crippen molar-refractivity contribution in [2.75, 3.05) is 5.73 Å². The van der Waals surface area contributed by atoms with Crippen LogP contribution in [0.5, 0.6) is 0 Å². The molecule has 0 spiro atoms. The molecule has 98 valence electrons. The second-order valence-electron chi connectivity index (χ2n) is 4.53. The summed E-state index contributed by atoms with van der Waals surface area (Å²) in [7, 11) is 0. The van der Waals surface area contributed by atoms with Crippen molar-refractivity contribution in [3.8, 4) is 11.8 Å². The molecule has 4 nitrogen and oxygen atoms in total. The number of para-hydroxylation sites is 1. The Morgan fingerprint density at radius 2 is 2.10 bits per heavy atom. The van der Waals surface area contributed by atoms with Gasteiger partial charge in [0.2, 0.25) is 5.95 Å². The van der Waals surface area contributed by atoms with Crippen LogP contribution >= 0.6 is 11.6 Å². The number of nitriles is 1. The van der Waals surface area contributed by atoms with E-state index < -0.39 is 0 Å². The summed E-state index contributed by atoms with van der Waals surface area (Å²) in [4.78, 5) is 4.35. The summed E-state index contributed by atoms with van der Waals surface area (Å²) in [5.74, 6) is 0.353. The lowest BCUT2D eigenvalue weighted by Gasteiger charge is -2.10. The van der Waals surface area contributed by atoms with E-state index in [-0.39, 0.29) is 0 Å². The number of halogens is 1. The fourth-order valence-electron chi connectivity index (χ4n) is 2.31. The van der Waals surface area contributed by atoms with Crippen LogP contribution in [0.25, 0.3) is 16.7 Å². The third-order valence-corrected chi connectivity index (χ3v) is 3.54. The van der Waals surface area contributed by atoms with Crippen LogP contribution in [0.4, 0.5) is 5.95 Å². The van der Waals surface area contributed by atoms with E-state index in [9.17, 15) is 0 Å². The van der Waals surface area contributed by atoms with E-state index in [2.05, 4.69) is 11.1 Å². The van der Waals surface area contributed by atoms with Gasteiger partial charge in [-0.2, -0.15) is 5.26 Å². The minimum atomic E-state index is 0.353. The highest BCUT2D eigenvalue weighted by Gasteiger charge is 2.14. The second kappa shape index (κ2) is 4.55. The molecule has 1 heterocycles. The third kappa shape index (κ3) is 1.80. The first kappa shape index (κ1) is 12.5. The summed E-state index contributed by atoms with van der Waals surface area (Å²) in [6, 6.07) is 13.0. The average molecular weight is 283 g/mol. The minimum Gasteiger partial charge on any atom is -0.369 e. The van der Waals surface area contributed by atoms with Crippen LogP contribution < -0.4 is 5.73 Å². The molecule has 0 aliphatic carbocycles. The summed E-state index contributed by atoms with van der Waals surface area (Å²) in [6.07, 6.45) is 0. The molecule has 20 heavy (non-hydrogen) atoms. The number of aromatic nitrogens is 2. The number of nitrogens with two attached hydrogens (primary N) is 1. The standard InChI is InChI=1S/C15H11ClN4/c1-9-3-2-4-12-14(9)20(15(18)19-12)13-7-10(8-17)5-6-11(13)16/h2-7H,1H3,(H2,18,19). The van der Waals surface area contributed by atoms with Crippen molar-refractivity contribution in [3.05, 3.63) is 52.5 Å². The third-order valence-electron chi connectivity index (χ3n) is 3.22. The molecule has 0 amide bonds. The number of imidazole rings is 1.